The zero-order chi connectivity index (χ0) is 19.6. The highest BCUT2D eigenvalue weighted by atomic mass is 16.3. The Morgan fingerprint density at radius 1 is 1.37 bits per heavy atom. The lowest BCUT2D eigenvalue weighted by Gasteiger charge is -2.39. The van der Waals surface area contributed by atoms with Crippen LogP contribution >= 0.6 is 0 Å². The molecule has 146 valence electrons. The molecule has 3 atom stereocenters. The molecule has 0 radical (unpaired) electrons. The van der Waals surface area contributed by atoms with Gasteiger partial charge >= 0.3 is 0 Å². The average Bonchev–Trinajstić information content (AvgIpc) is 2.64. The summed E-state index contributed by atoms with van der Waals surface area (Å²) in [6.07, 6.45) is 2.43. The number of benzene rings is 1. The number of nitrogens with zero attached hydrogens (tertiary/aromatic N) is 2. The summed E-state index contributed by atoms with van der Waals surface area (Å²) in [6, 6.07) is 7.94. The number of aromatic nitrogens is 1. The molecule has 27 heavy (non-hydrogen) atoms. The van der Waals surface area contributed by atoms with Crippen LogP contribution in [-0.4, -0.2) is 47.8 Å². The van der Waals surface area contributed by atoms with Crippen molar-refractivity contribution in [3.8, 4) is 0 Å². The van der Waals surface area contributed by atoms with Gasteiger partial charge < -0.3 is 21.1 Å². The maximum absolute atomic E-state index is 11.7. The zero-order valence-corrected chi connectivity index (χ0v) is 16.4. The number of fused-ring (bicyclic) bond motifs is 1. The van der Waals surface area contributed by atoms with Gasteiger partial charge in [-0.05, 0) is 42.5 Å². The number of rotatable bonds is 6. The molecule has 2 heterocycles. The molecule has 1 aromatic heterocycles. The number of primary amides is 1. The van der Waals surface area contributed by atoms with Gasteiger partial charge in [0.05, 0.1) is 17.2 Å². The predicted molar refractivity (Wildman–Crippen MR) is 109 cm³/mol. The first-order valence-corrected chi connectivity index (χ1v) is 9.70. The Hall–Kier alpha value is -2.18. The minimum Gasteiger partial charge on any atom is -0.392 e. The van der Waals surface area contributed by atoms with Crippen molar-refractivity contribution in [3.05, 3.63) is 36.0 Å². The summed E-state index contributed by atoms with van der Waals surface area (Å²) in [4.78, 5) is 18.5. The molecule has 1 aromatic carbocycles. The van der Waals surface area contributed by atoms with E-state index in [9.17, 15) is 9.90 Å². The number of anilines is 1. The molecule has 1 saturated heterocycles. The highest BCUT2D eigenvalue weighted by Crippen LogP contribution is 2.31. The van der Waals surface area contributed by atoms with E-state index < -0.39 is 5.91 Å². The molecule has 2 aromatic rings. The molecule has 1 amide bonds. The molecule has 6 nitrogen and oxygen atoms in total. The Morgan fingerprint density at radius 3 is 2.85 bits per heavy atom. The molecule has 0 aliphatic carbocycles. The van der Waals surface area contributed by atoms with Crippen molar-refractivity contribution in [2.24, 2.45) is 17.6 Å². The summed E-state index contributed by atoms with van der Waals surface area (Å²) < 4.78 is 0. The number of hydrogen-bond acceptors (Lipinski definition) is 5. The van der Waals surface area contributed by atoms with Gasteiger partial charge in [0.1, 0.15) is 0 Å². The van der Waals surface area contributed by atoms with Gasteiger partial charge in [0.25, 0.3) is 5.91 Å². The Morgan fingerprint density at radius 2 is 2.15 bits per heavy atom. The lowest BCUT2D eigenvalue weighted by atomic mass is 9.94. The van der Waals surface area contributed by atoms with E-state index in [1.165, 1.54) is 0 Å². The Balaban J connectivity index is 1.85. The molecular weight excluding hydrogens is 340 g/mol. The number of pyridine rings is 1. The minimum absolute atomic E-state index is 0.242. The monoisotopic (exact) mass is 370 g/mol. The predicted octanol–water partition coefficient (Wildman–Crippen LogP) is 2.15. The Kier molecular flexibility index (Phi) is 5.97. The van der Waals surface area contributed by atoms with E-state index in [4.69, 9.17) is 5.73 Å². The van der Waals surface area contributed by atoms with Gasteiger partial charge in [-0.15, -0.1) is 0 Å². The van der Waals surface area contributed by atoms with Crippen LogP contribution in [0.15, 0.2) is 30.5 Å². The van der Waals surface area contributed by atoms with E-state index in [0.717, 1.165) is 30.6 Å². The first-order chi connectivity index (χ1) is 12.9. The van der Waals surface area contributed by atoms with Crippen molar-refractivity contribution in [1.82, 2.24) is 10.3 Å². The molecule has 0 spiro atoms. The molecule has 0 saturated carbocycles. The highest BCUT2D eigenvalue weighted by Gasteiger charge is 2.27. The van der Waals surface area contributed by atoms with E-state index in [1.54, 1.807) is 12.3 Å². The lowest BCUT2D eigenvalue weighted by molar-refractivity contribution is 0.100. The van der Waals surface area contributed by atoms with Crippen molar-refractivity contribution in [2.75, 3.05) is 24.5 Å². The number of hydrogen-bond donors (Lipinski definition) is 3. The fraction of sp³-hybridized carbons (Fsp3) is 0.524. The standard InChI is InChI=1S/C21H30N4O2/c1-13(2)19(26)10-24-15-9-14(3)11-25(12-15)18-7-6-17(21(22)27)20-16(18)5-4-8-23-20/h4-8,13-15,19,24,26H,9-12H2,1-3H3,(H2,22,27)/t14-,15+,19+/m0/s1. The van der Waals surface area contributed by atoms with E-state index in [-0.39, 0.29) is 12.0 Å². The second kappa shape index (κ2) is 8.23. The second-order valence-corrected chi connectivity index (χ2v) is 8.06. The highest BCUT2D eigenvalue weighted by molar-refractivity contribution is 6.08. The minimum atomic E-state index is -0.459. The maximum Gasteiger partial charge on any atom is 0.250 e. The molecule has 4 N–H and O–H groups in total. The first-order valence-electron chi connectivity index (χ1n) is 9.70. The maximum atomic E-state index is 11.7. The van der Waals surface area contributed by atoms with E-state index in [1.807, 2.05) is 32.0 Å². The molecule has 3 rings (SSSR count). The van der Waals surface area contributed by atoms with Crippen LogP contribution in [0.3, 0.4) is 0 Å². The summed E-state index contributed by atoms with van der Waals surface area (Å²) in [5.41, 5.74) is 7.70. The Bertz CT molecular complexity index is 808. The number of carbonyl (C=O) groups is 1. The number of amides is 1. The smallest absolute Gasteiger partial charge is 0.250 e. The number of aliphatic hydroxyl groups excluding tert-OH is 1. The molecule has 0 unspecified atom stereocenters. The van der Waals surface area contributed by atoms with Gasteiger partial charge in [-0.3, -0.25) is 9.78 Å². The second-order valence-electron chi connectivity index (χ2n) is 8.06. The van der Waals surface area contributed by atoms with Crippen LogP contribution in [0.5, 0.6) is 0 Å². The third-order valence-corrected chi connectivity index (χ3v) is 5.40. The molecule has 1 fully saturated rings. The summed E-state index contributed by atoms with van der Waals surface area (Å²) >= 11 is 0. The van der Waals surface area contributed by atoms with Crippen molar-refractivity contribution >= 4 is 22.5 Å². The number of nitrogens with two attached hydrogens (primary N) is 1. The van der Waals surface area contributed by atoms with Crippen molar-refractivity contribution < 1.29 is 9.90 Å². The SMILES string of the molecule is CC(C)[C@H](O)CN[C@@H]1C[C@H](C)CN(c2ccc(C(N)=O)c3ncccc23)C1. The summed E-state index contributed by atoms with van der Waals surface area (Å²) in [5.74, 6) is 0.306. The fourth-order valence-electron chi connectivity index (χ4n) is 3.85. The fourth-order valence-corrected chi connectivity index (χ4v) is 3.85. The van der Waals surface area contributed by atoms with Crippen LogP contribution in [-0.2, 0) is 0 Å². The van der Waals surface area contributed by atoms with Crippen LogP contribution in [0.4, 0.5) is 5.69 Å². The number of aliphatic hydroxyl groups is 1. The van der Waals surface area contributed by atoms with Gasteiger partial charge in [0.15, 0.2) is 0 Å². The number of carbonyl (C=O) groups excluding carboxylic acids is 1. The van der Waals surface area contributed by atoms with Gasteiger partial charge in [0, 0.05) is 42.9 Å². The van der Waals surface area contributed by atoms with Gasteiger partial charge in [0.2, 0.25) is 0 Å². The van der Waals surface area contributed by atoms with Crippen LogP contribution < -0.4 is 16.0 Å². The number of nitrogens with one attached hydrogen (secondary N) is 1. The van der Waals surface area contributed by atoms with Crippen LogP contribution in [0.1, 0.15) is 37.6 Å². The summed E-state index contributed by atoms with van der Waals surface area (Å²) in [5, 5.41) is 14.6. The Labute approximate surface area is 160 Å². The average molecular weight is 370 g/mol. The van der Waals surface area contributed by atoms with Crippen molar-refractivity contribution in [3.63, 3.8) is 0 Å². The van der Waals surface area contributed by atoms with E-state index in [0.29, 0.717) is 29.6 Å². The van der Waals surface area contributed by atoms with Gasteiger partial charge in [-0.1, -0.05) is 20.8 Å². The van der Waals surface area contributed by atoms with Crippen LogP contribution in [0, 0.1) is 11.8 Å². The van der Waals surface area contributed by atoms with Crippen molar-refractivity contribution in [2.45, 2.75) is 39.3 Å². The normalized spacial score (nSPS) is 21.6. The van der Waals surface area contributed by atoms with E-state index >= 15 is 0 Å². The van der Waals surface area contributed by atoms with Gasteiger partial charge in [-0.25, -0.2) is 0 Å². The van der Waals surface area contributed by atoms with Crippen LogP contribution in [0.25, 0.3) is 10.9 Å². The van der Waals surface area contributed by atoms with E-state index in [2.05, 4.69) is 22.1 Å². The molecule has 6 heteroatoms. The molecular formula is C21H30N4O2. The van der Waals surface area contributed by atoms with Crippen LogP contribution in [0.2, 0.25) is 0 Å². The van der Waals surface area contributed by atoms with Crippen molar-refractivity contribution in [1.29, 1.82) is 0 Å². The largest absolute Gasteiger partial charge is 0.392 e. The third-order valence-electron chi connectivity index (χ3n) is 5.40. The topological polar surface area (TPSA) is 91.5 Å². The lowest BCUT2D eigenvalue weighted by Crippen LogP contribution is -2.50. The molecule has 1 aliphatic heterocycles. The quantitative estimate of drug-likeness (QED) is 0.725. The third kappa shape index (κ3) is 4.39. The summed E-state index contributed by atoms with van der Waals surface area (Å²) in [6.45, 7) is 8.72. The molecule has 1 aliphatic rings. The first kappa shape index (κ1) is 19.6. The number of piperidine rings is 1. The summed E-state index contributed by atoms with van der Waals surface area (Å²) in [7, 11) is 0. The zero-order valence-electron chi connectivity index (χ0n) is 16.4. The van der Waals surface area contributed by atoms with Gasteiger partial charge in [-0.2, -0.15) is 0 Å². The molecule has 0 bridgehead atoms.